The van der Waals surface area contributed by atoms with Gasteiger partial charge in [-0.05, 0) is 35.4 Å². The van der Waals surface area contributed by atoms with Gasteiger partial charge in [-0.15, -0.1) is 0 Å². The first kappa shape index (κ1) is 19.7. The summed E-state index contributed by atoms with van der Waals surface area (Å²) in [5.41, 5.74) is 1.72. The van der Waals surface area contributed by atoms with Crippen LogP contribution >= 0.6 is 11.6 Å². The monoisotopic (exact) mass is 412 g/mol. The van der Waals surface area contributed by atoms with Crippen LogP contribution < -0.4 is 9.46 Å². The van der Waals surface area contributed by atoms with Crippen molar-refractivity contribution in [1.82, 2.24) is 0 Å². The van der Waals surface area contributed by atoms with Crippen molar-refractivity contribution in [3.05, 3.63) is 88.9 Å². The van der Waals surface area contributed by atoms with Crippen LogP contribution in [0.25, 0.3) is 0 Å². The molecule has 0 bridgehead atoms. The SMILES string of the molecule is COc1ccccc1S(=O)(=O)Nc1ccc(C(C#N)c2ccccc2)c(Cl)c1. The Hall–Kier alpha value is -3.01. The highest BCUT2D eigenvalue weighted by Gasteiger charge is 2.21. The Morgan fingerprint density at radius 2 is 1.71 bits per heavy atom. The van der Waals surface area contributed by atoms with Crippen molar-refractivity contribution >= 4 is 27.3 Å². The third kappa shape index (κ3) is 4.11. The van der Waals surface area contributed by atoms with Gasteiger partial charge in [0.15, 0.2) is 0 Å². The van der Waals surface area contributed by atoms with Crippen LogP contribution in [0.4, 0.5) is 5.69 Å². The summed E-state index contributed by atoms with van der Waals surface area (Å²) in [7, 11) is -2.45. The first-order chi connectivity index (χ1) is 13.5. The summed E-state index contributed by atoms with van der Waals surface area (Å²) in [5.74, 6) is -0.306. The molecule has 1 N–H and O–H groups in total. The zero-order chi connectivity index (χ0) is 20.1. The Balaban J connectivity index is 1.92. The van der Waals surface area contributed by atoms with Gasteiger partial charge < -0.3 is 4.74 Å². The van der Waals surface area contributed by atoms with Crippen molar-refractivity contribution < 1.29 is 13.2 Å². The van der Waals surface area contributed by atoms with E-state index in [2.05, 4.69) is 10.8 Å². The topological polar surface area (TPSA) is 79.2 Å². The Morgan fingerprint density at radius 3 is 2.36 bits per heavy atom. The maximum Gasteiger partial charge on any atom is 0.265 e. The molecule has 0 saturated carbocycles. The van der Waals surface area contributed by atoms with Crippen molar-refractivity contribution in [2.24, 2.45) is 0 Å². The number of para-hydroxylation sites is 1. The van der Waals surface area contributed by atoms with E-state index in [1.165, 1.54) is 19.2 Å². The fourth-order valence-corrected chi connectivity index (χ4v) is 4.36. The Kier molecular flexibility index (Phi) is 5.88. The minimum atomic E-state index is -3.86. The Bertz CT molecular complexity index is 1130. The molecule has 7 heteroatoms. The molecule has 0 fully saturated rings. The number of nitrogens with zero attached hydrogens (tertiary/aromatic N) is 1. The van der Waals surface area contributed by atoms with E-state index in [0.29, 0.717) is 16.3 Å². The summed E-state index contributed by atoms with van der Waals surface area (Å²) >= 11 is 6.38. The van der Waals surface area contributed by atoms with Crippen LogP contribution in [0.1, 0.15) is 17.0 Å². The molecule has 0 aromatic heterocycles. The molecule has 0 radical (unpaired) electrons. The van der Waals surface area contributed by atoms with E-state index >= 15 is 0 Å². The van der Waals surface area contributed by atoms with Gasteiger partial charge in [0.1, 0.15) is 10.6 Å². The molecule has 0 amide bonds. The normalized spacial score (nSPS) is 12.0. The van der Waals surface area contributed by atoms with Crippen LogP contribution in [0.2, 0.25) is 5.02 Å². The van der Waals surface area contributed by atoms with E-state index in [1.807, 2.05) is 30.3 Å². The second-order valence-electron chi connectivity index (χ2n) is 5.97. The van der Waals surface area contributed by atoms with Gasteiger partial charge >= 0.3 is 0 Å². The lowest BCUT2D eigenvalue weighted by Crippen LogP contribution is -2.14. The fourth-order valence-electron chi connectivity index (χ4n) is 2.84. The molecule has 0 spiro atoms. The number of methoxy groups -OCH3 is 1. The molecule has 0 saturated heterocycles. The molecule has 3 aromatic rings. The van der Waals surface area contributed by atoms with Gasteiger partial charge in [0, 0.05) is 5.02 Å². The lowest BCUT2D eigenvalue weighted by atomic mass is 9.92. The average Bonchev–Trinajstić information content (AvgIpc) is 2.70. The number of hydrogen-bond donors (Lipinski definition) is 1. The molecular weight excluding hydrogens is 396 g/mol. The minimum Gasteiger partial charge on any atom is -0.495 e. The number of anilines is 1. The van der Waals surface area contributed by atoms with Gasteiger partial charge in [0.05, 0.1) is 24.8 Å². The third-order valence-corrected chi connectivity index (χ3v) is 5.93. The lowest BCUT2D eigenvalue weighted by Gasteiger charge is -2.15. The van der Waals surface area contributed by atoms with E-state index in [0.717, 1.165) is 5.56 Å². The number of benzene rings is 3. The lowest BCUT2D eigenvalue weighted by molar-refractivity contribution is 0.403. The van der Waals surface area contributed by atoms with E-state index < -0.39 is 15.9 Å². The second kappa shape index (κ2) is 8.34. The molecule has 0 aliphatic heterocycles. The summed E-state index contributed by atoms with van der Waals surface area (Å²) < 4.78 is 33.0. The Labute approximate surface area is 169 Å². The van der Waals surface area contributed by atoms with Gasteiger partial charge in [0.2, 0.25) is 0 Å². The fraction of sp³-hybridized carbons (Fsp3) is 0.0952. The summed E-state index contributed by atoms with van der Waals surface area (Å²) in [6.07, 6.45) is 0. The van der Waals surface area contributed by atoms with Gasteiger partial charge in [-0.2, -0.15) is 5.26 Å². The van der Waals surface area contributed by atoms with Crippen molar-refractivity contribution in [2.45, 2.75) is 10.8 Å². The van der Waals surface area contributed by atoms with Crippen LogP contribution in [0.15, 0.2) is 77.7 Å². The van der Waals surface area contributed by atoms with Crippen LogP contribution in [0.5, 0.6) is 5.75 Å². The van der Waals surface area contributed by atoms with E-state index in [1.54, 1.807) is 30.3 Å². The maximum atomic E-state index is 12.7. The van der Waals surface area contributed by atoms with Crippen molar-refractivity contribution in [3.8, 4) is 11.8 Å². The number of nitrogens with one attached hydrogen (secondary N) is 1. The summed E-state index contributed by atoms with van der Waals surface area (Å²) in [5, 5.41) is 9.89. The molecular formula is C21H17ClN2O3S. The highest BCUT2D eigenvalue weighted by molar-refractivity contribution is 7.92. The highest BCUT2D eigenvalue weighted by Crippen LogP contribution is 2.33. The zero-order valence-electron chi connectivity index (χ0n) is 15.0. The largest absolute Gasteiger partial charge is 0.495 e. The molecule has 28 heavy (non-hydrogen) atoms. The van der Waals surface area contributed by atoms with Crippen molar-refractivity contribution in [1.29, 1.82) is 5.26 Å². The summed E-state index contributed by atoms with van der Waals surface area (Å²) in [4.78, 5) is 0.0249. The number of ether oxygens (including phenoxy) is 1. The molecule has 5 nitrogen and oxygen atoms in total. The van der Waals surface area contributed by atoms with E-state index in [-0.39, 0.29) is 10.6 Å². The van der Waals surface area contributed by atoms with Gasteiger partial charge in [-0.1, -0.05) is 60.1 Å². The minimum absolute atomic E-state index is 0.0249. The highest BCUT2D eigenvalue weighted by atomic mass is 35.5. The van der Waals surface area contributed by atoms with E-state index in [4.69, 9.17) is 16.3 Å². The van der Waals surface area contributed by atoms with Crippen molar-refractivity contribution in [3.63, 3.8) is 0 Å². The van der Waals surface area contributed by atoms with Crippen LogP contribution in [-0.2, 0) is 10.0 Å². The molecule has 0 aliphatic carbocycles. The number of sulfonamides is 1. The standard InChI is InChI=1S/C21H17ClN2O3S/c1-27-20-9-5-6-10-21(20)28(25,26)24-16-11-12-17(19(22)13-16)18(14-23)15-7-3-2-4-8-15/h2-13,18,24H,1H3. The van der Waals surface area contributed by atoms with Crippen molar-refractivity contribution in [2.75, 3.05) is 11.8 Å². The molecule has 142 valence electrons. The van der Waals surface area contributed by atoms with Crippen LogP contribution in [-0.4, -0.2) is 15.5 Å². The predicted molar refractivity (Wildman–Crippen MR) is 109 cm³/mol. The molecule has 3 rings (SSSR count). The average molecular weight is 413 g/mol. The van der Waals surface area contributed by atoms with Crippen LogP contribution in [0.3, 0.4) is 0 Å². The smallest absolute Gasteiger partial charge is 0.265 e. The molecule has 3 aromatic carbocycles. The number of hydrogen-bond acceptors (Lipinski definition) is 4. The van der Waals surface area contributed by atoms with Gasteiger partial charge in [0.25, 0.3) is 10.0 Å². The van der Waals surface area contributed by atoms with E-state index in [9.17, 15) is 13.7 Å². The third-order valence-electron chi connectivity index (χ3n) is 4.18. The maximum absolute atomic E-state index is 12.7. The molecule has 1 atom stereocenters. The molecule has 1 unspecified atom stereocenters. The summed E-state index contributed by atoms with van der Waals surface area (Å²) in [6.45, 7) is 0. The zero-order valence-corrected chi connectivity index (χ0v) is 16.5. The van der Waals surface area contributed by atoms with Gasteiger partial charge in [-0.25, -0.2) is 8.42 Å². The quantitative estimate of drug-likeness (QED) is 0.630. The molecule has 0 aliphatic rings. The number of nitriles is 1. The first-order valence-corrected chi connectivity index (χ1v) is 10.2. The number of halogens is 1. The predicted octanol–water partition coefficient (Wildman–Crippen LogP) is 4.80. The first-order valence-electron chi connectivity index (χ1n) is 8.36. The molecule has 0 heterocycles. The Morgan fingerprint density at radius 1 is 1.04 bits per heavy atom. The summed E-state index contributed by atoms with van der Waals surface area (Å²) in [6, 6.07) is 22.6. The number of rotatable bonds is 6. The second-order valence-corrected chi connectivity index (χ2v) is 8.02. The van der Waals surface area contributed by atoms with Gasteiger partial charge in [-0.3, -0.25) is 4.72 Å². The van der Waals surface area contributed by atoms with Crippen LogP contribution in [0, 0.1) is 11.3 Å².